The zero-order valence-corrected chi connectivity index (χ0v) is 16.1. The van der Waals surface area contributed by atoms with Crippen LogP contribution in [0.15, 0.2) is 72.1 Å². The van der Waals surface area contributed by atoms with Gasteiger partial charge in [-0.1, -0.05) is 36.4 Å². The maximum atomic E-state index is 13.2. The van der Waals surface area contributed by atoms with Crippen LogP contribution >= 0.6 is 11.3 Å². The highest BCUT2D eigenvalue weighted by atomic mass is 32.1. The monoisotopic (exact) mass is 408 g/mol. The summed E-state index contributed by atoms with van der Waals surface area (Å²) in [6, 6.07) is 17.0. The Hall–Kier alpha value is -3.32. The van der Waals surface area contributed by atoms with E-state index in [0.717, 1.165) is 10.5 Å². The summed E-state index contributed by atoms with van der Waals surface area (Å²) in [6.45, 7) is 0.207. The molecule has 2 aromatic carbocycles. The van der Waals surface area contributed by atoms with Crippen molar-refractivity contribution in [2.24, 2.45) is 0 Å². The van der Waals surface area contributed by atoms with Crippen LogP contribution in [0, 0.1) is 5.82 Å². The van der Waals surface area contributed by atoms with E-state index in [2.05, 4.69) is 0 Å². The Morgan fingerprint density at radius 1 is 1.03 bits per heavy atom. The Morgan fingerprint density at radius 2 is 1.76 bits per heavy atom. The van der Waals surface area contributed by atoms with Gasteiger partial charge in [-0.2, -0.15) is 0 Å². The van der Waals surface area contributed by atoms with Crippen molar-refractivity contribution in [3.63, 3.8) is 0 Å². The Balaban J connectivity index is 1.66. The van der Waals surface area contributed by atoms with Gasteiger partial charge in [0.2, 0.25) is 5.91 Å². The molecule has 0 aliphatic carbocycles. The van der Waals surface area contributed by atoms with Crippen molar-refractivity contribution in [2.75, 3.05) is 4.90 Å². The lowest BCUT2D eigenvalue weighted by atomic mass is 10.1. The molecule has 1 aromatic heterocycles. The number of amides is 3. The smallest absolute Gasteiger partial charge is 0.264 e. The number of hydrogen-bond acceptors (Lipinski definition) is 4. The van der Waals surface area contributed by atoms with E-state index in [-0.39, 0.29) is 18.9 Å². The topological polar surface area (TPSA) is 57.7 Å². The largest absolute Gasteiger partial charge is 0.321 e. The molecular weight excluding hydrogens is 391 g/mol. The number of hydrogen-bond donors (Lipinski definition) is 0. The van der Waals surface area contributed by atoms with E-state index in [9.17, 15) is 18.8 Å². The van der Waals surface area contributed by atoms with Crippen LogP contribution in [0.3, 0.4) is 0 Å². The van der Waals surface area contributed by atoms with Crippen LogP contribution in [-0.2, 0) is 16.1 Å². The average Bonchev–Trinajstić information content (AvgIpc) is 3.36. The summed E-state index contributed by atoms with van der Waals surface area (Å²) in [7, 11) is 0. The predicted octanol–water partition coefficient (Wildman–Crippen LogP) is 3.86. The van der Waals surface area contributed by atoms with Crippen molar-refractivity contribution in [1.82, 2.24) is 4.90 Å². The average molecular weight is 408 g/mol. The molecular formula is C22H17FN2O3S. The molecule has 1 unspecified atom stereocenters. The summed E-state index contributed by atoms with van der Waals surface area (Å²) in [5.41, 5.74) is 1.16. The molecule has 5 nitrogen and oxygen atoms in total. The molecule has 1 saturated heterocycles. The Bertz CT molecular complexity index is 1040. The maximum absolute atomic E-state index is 13.2. The van der Waals surface area contributed by atoms with Crippen LogP contribution < -0.4 is 4.90 Å². The number of halogens is 1. The normalized spacial score (nSPS) is 16.3. The van der Waals surface area contributed by atoms with Crippen LogP contribution in [0.4, 0.5) is 10.1 Å². The highest BCUT2D eigenvalue weighted by Gasteiger charge is 2.44. The zero-order chi connectivity index (χ0) is 20.4. The minimum atomic E-state index is -0.914. The molecule has 3 aromatic rings. The van der Waals surface area contributed by atoms with Crippen molar-refractivity contribution in [3.8, 4) is 0 Å². The van der Waals surface area contributed by atoms with Gasteiger partial charge in [0.25, 0.3) is 11.8 Å². The minimum Gasteiger partial charge on any atom is -0.321 e. The summed E-state index contributed by atoms with van der Waals surface area (Å²) < 4.78 is 13.2. The van der Waals surface area contributed by atoms with Gasteiger partial charge in [-0.25, -0.2) is 9.29 Å². The first-order valence-electron chi connectivity index (χ1n) is 9.05. The summed E-state index contributed by atoms with van der Waals surface area (Å²) in [4.78, 5) is 41.9. The lowest BCUT2D eigenvalue weighted by Crippen LogP contribution is -2.44. The van der Waals surface area contributed by atoms with E-state index >= 15 is 0 Å². The van der Waals surface area contributed by atoms with Crippen molar-refractivity contribution in [2.45, 2.75) is 19.0 Å². The Kier molecular flexibility index (Phi) is 5.22. The van der Waals surface area contributed by atoms with E-state index in [1.54, 1.807) is 17.5 Å². The van der Waals surface area contributed by atoms with Crippen molar-refractivity contribution in [1.29, 1.82) is 0 Å². The molecule has 4 rings (SSSR count). The van der Waals surface area contributed by atoms with Crippen LogP contribution in [0.5, 0.6) is 0 Å². The highest BCUT2D eigenvalue weighted by Crippen LogP contribution is 2.28. The van der Waals surface area contributed by atoms with E-state index in [4.69, 9.17) is 0 Å². The van der Waals surface area contributed by atoms with E-state index in [0.29, 0.717) is 10.6 Å². The molecule has 0 radical (unpaired) electrons. The second-order valence-corrected chi connectivity index (χ2v) is 7.61. The van der Waals surface area contributed by atoms with Crippen LogP contribution in [-0.4, -0.2) is 28.7 Å². The SMILES string of the molecule is O=C1CC(N(Cc2ccccc2)C(=O)c2cccs2)C(=O)N1c1ccc(F)cc1. The summed E-state index contributed by atoms with van der Waals surface area (Å²) in [5, 5.41) is 1.79. The fraction of sp³-hybridized carbons (Fsp3) is 0.136. The maximum Gasteiger partial charge on any atom is 0.264 e. The number of carbonyl (C=O) groups excluding carboxylic acids is 3. The molecule has 1 fully saturated rings. The van der Waals surface area contributed by atoms with Gasteiger partial charge >= 0.3 is 0 Å². The van der Waals surface area contributed by atoms with Gasteiger partial charge in [-0.3, -0.25) is 14.4 Å². The third-order valence-corrected chi connectivity index (χ3v) is 5.63. The summed E-state index contributed by atoms with van der Waals surface area (Å²) >= 11 is 1.29. The van der Waals surface area contributed by atoms with Crippen molar-refractivity contribution < 1.29 is 18.8 Å². The van der Waals surface area contributed by atoms with Crippen LogP contribution in [0.1, 0.15) is 21.7 Å². The molecule has 0 bridgehead atoms. The van der Waals surface area contributed by atoms with E-state index in [1.807, 2.05) is 30.3 Å². The van der Waals surface area contributed by atoms with Crippen LogP contribution in [0.2, 0.25) is 0 Å². The number of thiophene rings is 1. The fourth-order valence-electron chi connectivity index (χ4n) is 3.37. The molecule has 3 amide bonds. The highest BCUT2D eigenvalue weighted by molar-refractivity contribution is 7.12. The van der Waals surface area contributed by atoms with E-state index < -0.39 is 23.7 Å². The van der Waals surface area contributed by atoms with Gasteiger partial charge in [0, 0.05) is 6.54 Å². The molecule has 0 saturated carbocycles. The standard InChI is InChI=1S/C22H17FN2O3S/c23-16-8-10-17(11-9-16)25-20(26)13-18(21(25)27)24(14-15-5-2-1-3-6-15)22(28)19-7-4-12-29-19/h1-12,18H,13-14H2. The third kappa shape index (κ3) is 3.82. The Labute approximate surface area is 171 Å². The first-order chi connectivity index (χ1) is 14.0. The number of carbonyl (C=O) groups is 3. The second kappa shape index (κ2) is 7.97. The van der Waals surface area contributed by atoms with Gasteiger partial charge in [0.1, 0.15) is 11.9 Å². The molecule has 1 aliphatic heterocycles. The van der Waals surface area contributed by atoms with Gasteiger partial charge in [0.05, 0.1) is 17.0 Å². The van der Waals surface area contributed by atoms with Gasteiger partial charge in [-0.15, -0.1) is 11.3 Å². The van der Waals surface area contributed by atoms with Crippen molar-refractivity contribution >= 4 is 34.7 Å². The summed E-state index contributed by atoms with van der Waals surface area (Å²) in [6.07, 6.45) is -0.111. The first-order valence-corrected chi connectivity index (χ1v) is 9.93. The zero-order valence-electron chi connectivity index (χ0n) is 15.3. The van der Waals surface area contributed by atoms with Gasteiger partial charge < -0.3 is 4.90 Å². The van der Waals surface area contributed by atoms with Gasteiger partial charge in [0.15, 0.2) is 0 Å². The fourth-order valence-corrected chi connectivity index (χ4v) is 4.05. The molecule has 0 N–H and O–H groups in total. The lowest BCUT2D eigenvalue weighted by Gasteiger charge is -2.27. The predicted molar refractivity (Wildman–Crippen MR) is 108 cm³/mol. The molecule has 1 aliphatic rings. The molecule has 29 heavy (non-hydrogen) atoms. The molecule has 1 atom stereocenters. The quantitative estimate of drug-likeness (QED) is 0.603. The second-order valence-electron chi connectivity index (χ2n) is 6.66. The summed E-state index contributed by atoms with van der Waals surface area (Å²) in [5.74, 6) is -1.65. The number of nitrogens with zero attached hydrogens (tertiary/aromatic N) is 2. The molecule has 2 heterocycles. The lowest BCUT2D eigenvalue weighted by molar-refractivity contribution is -0.122. The number of benzene rings is 2. The van der Waals surface area contributed by atoms with Gasteiger partial charge in [-0.05, 0) is 41.3 Å². The number of rotatable bonds is 5. The number of anilines is 1. The third-order valence-electron chi connectivity index (χ3n) is 4.77. The first kappa shape index (κ1) is 19.0. The van der Waals surface area contributed by atoms with Crippen molar-refractivity contribution in [3.05, 3.63) is 88.4 Å². The number of imide groups is 1. The Morgan fingerprint density at radius 3 is 2.41 bits per heavy atom. The molecule has 7 heteroatoms. The van der Waals surface area contributed by atoms with Crippen LogP contribution in [0.25, 0.3) is 0 Å². The molecule has 146 valence electrons. The minimum absolute atomic E-state index is 0.111. The van der Waals surface area contributed by atoms with E-state index in [1.165, 1.54) is 40.5 Å². The molecule has 0 spiro atoms.